The maximum absolute atomic E-state index is 13.1. The molecule has 1 N–H and O–H groups in total. The molecule has 0 radical (unpaired) electrons. The zero-order valence-corrected chi connectivity index (χ0v) is 18.1. The number of carbonyl (C=O) groups is 1. The van der Waals surface area contributed by atoms with Crippen LogP contribution >= 0.6 is 11.5 Å². The Bertz CT molecular complexity index is 826. The lowest BCUT2D eigenvalue weighted by Crippen LogP contribution is -2.50. The lowest BCUT2D eigenvalue weighted by atomic mass is 9.87. The Labute approximate surface area is 181 Å². The molecule has 9 heteroatoms. The van der Waals surface area contributed by atoms with Gasteiger partial charge in [-0.2, -0.15) is 0 Å². The minimum Gasteiger partial charge on any atom is -0.497 e. The quantitative estimate of drug-likeness (QED) is 0.697. The van der Waals surface area contributed by atoms with E-state index in [-0.39, 0.29) is 24.3 Å². The highest BCUT2D eigenvalue weighted by molar-refractivity contribution is 7.03. The Morgan fingerprint density at radius 2 is 1.97 bits per heavy atom. The number of aliphatic hydroxyl groups is 1. The molecule has 0 unspecified atom stereocenters. The number of benzene rings is 1. The summed E-state index contributed by atoms with van der Waals surface area (Å²) < 4.78 is 9.46. The largest absolute Gasteiger partial charge is 0.497 e. The molecular formula is C21H29N5O3S. The number of β-amino-alcohol motifs (C(OH)–C–C–N with tert-alkyl or cyclic N) is 1. The summed E-state index contributed by atoms with van der Waals surface area (Å²) in [6.07, 6.45) is 0. The Morgan fingerprint density at radius 1 is 1.20 bits per heavy atom. The van der Waals surface area contributed by atoms with Crippen molar-refractivity contribution in [1.29, 1.82) is 0 Å². The van der Waals surface area contributed by atoms with Crippen LogP contribution < -0.4 is 4.74 Å². The van der Waals surface area contributed by atoms with Gasteiger partial charge in [-0.05, 0) is 29.2 Å². The molecule has 0 spiro atoms. The van der Waals surface area contributed by atoms with E-state index in [2.05, 4.69) is 31.5 Å². The van der Waals surface area contributed by atoms with Crippen LogP contribution in [-0.2, 0) is 4.79 Å². The molecule has 2 aliphatic heterocycles. The van der Waals surface area contributed by atoms with Crippen molar-refractivity contribution in [3.63, 3.8) is 0 Å². The van der Waals surface area contributed by atoms with Crippen molar-refractivity contribution < 1.29 is 14.6 Å². The van der Waals surface area contributed by atoms with E-state index in [1.54, 1.807) is 7.11 Å². The number of likely N-dealkylation sites (tertiary alicyclic amines) is 1. The van der Waals surface area contributed by atoms with Crippen LogP contribution in [0.5, 0.6) is 5.75 Å². The lowest BCUT2D eigenvalue weighted by Gasteiger charge is -2.34. The van der Waals surface area contributed by atoms with E-state index in [0.717, 1.165) is 37.6 Å². The molecule has 1 aromatic carbocycles. The van der Waals surface area contributed by atoms with Crippen LogP contribution in [0.2, 0.25) is 0 Å². The number of ether oxygens (including phenoxy) is 1. The molecule has 2 aliphatic rings. The molecule has 0 bridgehead atoms. The van der Waals surface area contributed by atoms with Gasteiger partial charge in [-0.3, -0.25) is 14.6 Å². The molecule has 162 valence electrons. The summed E-state index contributed by atoms with van der Waals surface area (Å²) in [5.41, 5.74) is 2.13. The number of carbonyl (C=O) groups excluding carboxylic acids is 1. The normalized spacial score (nSPS) is 23.1. The van der Waals surface area contributed by atoms with E-state index in [1.807, 2.05) is 22.4 Å². The van der Waals surface area contributed by atoms with Crippen molar-refractivity contribution >= 4 is 17.4 Å². The zero-order chi connectivity index (χ0) is 20.9. The van der Waals surface area contributed by atoms with Gasteiger partial charge in [0, 0.05) is 63.0 Å². The Balaban J connectivity index is 1.44. The highest BCUT2D eigenvalue weighted by atomic mass is 32.1. The van der Waals surface area contributed by atoms with Crippen LogP contribution in [0.4, 0.5) is 0 Å². The van der Waals surface area contributed by atoms with Gasteiger partial charge in [-0.25, -0.2) is 0 Å². The Hall–Kier alpha value is -2.07. The van der Waals surface area contributed by atoms with E-state index in [0.29, 0.717) is 26.2 Å². The third-order valence-electron chi connectivity index (χ3n) is 6.19. The van der Waals surface area contributed by atoms with E-state index in [4.69, 9.17) is 9.84 Å². The standard InChI is InChI=1S/C21H29N5O3S/c1-29-17-4-2-3-16(11-17)18-12-26(13-19(18)20-15-30-23-22-20)21(28)14-25-7-5-24(6-8-25)9-10-27/h2-4,11,15,18-19,27H,5-10,12-14H2,1H3/t18-,19+/m0/s1. The molecule has 8 nitrogen and oxygen atoms in total. The van der Waals surface area contributed by atoms with E-state index in [1.165, 1.54) is 17.1 Å². The van der Waals surface area contributed by atoms with E-state index in [9.17, 15) is 4.79 Å². The van der Waals surface area contributed by atoms with Crippen LogP contribution in [0, 0.1) is 0 Å². The van der Waals surface area contributed by atoms with Gasteiger partial charge in [0.1, 0.15) is 5.75 Å². The summed E-state index contributed by atoms with van der Waals surface area (Å²) in [6.45, 7) is 6.19. The molecule has 4 rings (SSSR count). The summed E-state index contributed by atoms with van der Waals surface area (Å²) in [5, 5.41) is 15.4. The van der Waals surface area contributed by atoms with Crippen LogP contribution in [0.25, 0.3) is 0 Å². The van der Waals surface area contributed by atoms with Crippen molar-refractivity contribution in [2.75, 3.05) is 66.1 Å². The summed E-state index contributed by atoms with van der Waals surface area (Å²) in [6, 6.07) is 8.11. The van der Waals surface area contributed by atoms with Gasteiger partial charge in [-0.1, -0.05) is 16.6 Å². The van der Waals surface area contributed by atoms with Gasteiger partial charge >= 0.3 is 0 Å². The monoisotopic (exact) mass is 431 g/mol. The number of aliphatic hydroxyl groups excluding tert-OH is 1. The van der Waals surface area contributed by atoms with Gasteiger partial charge in [0.15, 0.2) is 0 Å². The maximum Gasteiger partial charge on any atom is 0.236 e. The van der Waals surface area contributed by atoms with Gasteiger partial charge in [0.2, 0.25) is 5.91 Å². The minimum absolute atomic E-state index is 0.140. The molecular weight excluding hydrogens is 402 g/mol. The summed E-state index contributed by atoms with van der Waals surface area (Å²) in [4.78, 5) is 19.5. The van der Waals surface area contributed by atoms with Crippen molar-refractivity contribution in [3.8, 4) is 5.75 Å². The number of methoxy groups -OCH3 is 1. The van der Waals surface area contributed by atoms with Crippen molar-refractivity contribution in [2.45, 2.75) is 11.8 Å². The van der Waals surface area contributed by atoms with Gasteiger partial charge in [-0.15, -0.1) is 5.10 Å². The summed E-state index contributed by atoms with van der Waals surface area (Å²) in [5.74, 6) is 1.31. The first-order chi connectivity index (χ1) is 14.7. The average Bonchev–Trinajstić information content (AvgIpc) is 3.45. The zero-order valence-electron chi connectivity index (χ0n) is 17.3. The lowest BCUT2D eigenvalue weighted by molar-refractivity contribution is -0.131. The Morgan fingerprint density at radius 3 is 2.67 bits per heavy atom. The van der Waals surface area contributed by atoms with Gasteiger partial charge < -0.3 is 14.7 Å². The number of amides is 1. The summed E-state index contributed by atoms with van der Waals surface area (Å²) in [7, 11) is 1.67. The van der Waals surface area contributed by atoms with Gasteiger partial charge in [0.05, 0.1) is 26.0 Å². The first-order valence-electron chi connectivity index (χ1n) is 10.4. The highest BCUT2D eigenvalue weighted by Crippen LogP contribution is 2.40. The fourth-order valence-corrected chi connectivity index (χ4v) is 4.97. The van der Waals surface area contributed by atoms with Crippen molar-refractivity contribution in [3.05, 3.63) is 40.9 Å². The van der Waals surface area contributed by atoms with Crippen LogP contribution in [0.3, 0.4) is 0 Å². The summed E-state index contributed by atoms with van der Waals surface area (Å²) >= 11 is 1.35. The van der Waals surface area contributed by atoms with Crippen LogP contribution in [-0.4, -0.2) is 101 Å². The number of piperazine rings is 1. The molecule has 2 saturated heterocycles. The molecule has 0 aliphatic carbocycles. The molecule has 1 amide bonds. The molecule has 2 atom stereocenters. The fourth-order valence-electron chi connectivity index (χ4n) is 4.45. The average molecular weight is 432 g/mol. The third kappa shape index (κ3) is 4.80. The number of hydrogen-bond donors (Lipinski definition) is 1. The number of hydrogen-bond acceptors (Lipinski definition) is 8. The second kappa shape index (κ2) is 9.82. The van der Waals surface area contributed by atoms with Crippen molar-refractivity contribution in [1.82, 2.24) is 24.3 Å². The number of rotatable bonds is 7. The maximum atomic E-state index is 13.1. The van der Waals surface area contributed by atoms with Crippen LogP contribution in [0.1, 0.15) is 23.1 Å². The fraction of sp³-hybridized carbons (Fsp3) is 0.571. The minimum atomic E-state index is 0.140. The predicted molar refractivity (Wildman–Crippen MR) is 115 cm³/mol. The second-order valence-electron chi connectivity index (χ2n) is 7.96. The molecule has 2 aromatic rings. The van der Waals surface area contributed by atoms with E-state index < -0.39 is 0 Å². The third-order valence-corrected chi connectivity index (χ3v) is 6.71. The second-order valence-corrected chi connectivity index (χ2v) is 8.57. The first kappa shape index (κ1) is 21.2. The first-order valence-corrected chi connectivity index (χ1v) is 11.3. The van der Waals surface area contributed by atoms with E-state index >= 15 is 0 Å². The highest BCUT2D eigenvalue weighted by Gasteiger charge is 2.39. The molecule has 2 fully saturated rings. The number of nitrogens with zero attached hydrogens (tertiary/aromatic N) is 5. The SMILES string of the molecule is COc1cccc([C@@H]2CN(C(=O)CN3CCN(CCO)CC3)C[C@H]2c2csnn2)c1. The number of aromatic nitrogens is 2. The smallest absolute Gasteiger partial charge is 0.236 e. The predicted octanol–water partition coefficient (Wildman–Crippen LogP) is 0.866. The molecule has 1 aromatic heterocycles. The molecule has 0 saturated carbocycles. The van der Waals surface area contributed by atoms with Crippen LogP contribution in [0.15, 0.2) is 29.6 Å². The molecule has 3 heterocycles. The van der Waals surface area contributed by atoms with Crippen molar-refractivity contribution in [2.24, 2.45) is 0 Å². The molecule has 30 heavy (non-hydrogen) atoms. The Kier molecular flexibility index (Phi) is 6.93. The topological polar surface area (TPSA) is 82.0 Å². The van der Waals surface area contributed by atoms with Gasteiger partial charge in [0.25, 0.3) is 0 Å².